The number of aromatic nitrogens is 4. The summed E-state index contributed by atoms with van der Waals surface area (Å²) in [6.45, 7) is 1.68. The predicted molar refractivity (Wildman–Crippen MR) is 114 cm³/mol. The van der Waals surface area contributed by atoms with Crippen LogP contribution in [0.1, 0.15) is 29.9 Å². The van der Waals surface area contributed by atoms with E-state index in [9.17, 15) is 22.3 Å². The fourth-order valence-corrected chi connectivity index (χ4v) is 4.39. The summed E-state index contributed by atoms with van der Waals surface area (Å²) in [4.78, 5) is 8.77. The number of sulfone groups is 1. The molecule has 0 aliphatic rings. The van der Waals surface area contributed by atoms with E-state index < -0.39 is 33.0 Å². The molecule has 2 unspecified atom stereocenters. The zero-order valence-corrected chi connectivity index (χ0v) is 18.1. The molecule has 0 saturated heterocycles. The second-order valence-corrected chi connectivity index (χ2v) is 9.76. The number of halogens is 2. The van der Waals surface area contributed by atoms with Gasteiger partial charge in [-0.25, -0.2) is 22.2 Å². The van der Waals surface area contributed by atoms with Gasteiger partial charge in [-0.1, -0.05) is 19.1 Å². The number of hydrogen-bond acceptors (Lipinski definition) is 6. The van der Waals surface area contributed by atoms with Crippen LogP contribution < -0.4 is 0 Å². The van der Waals surface area contributed by atoms with Crippen molar-refractivity contribution < 1.29 is 22.3 Å². The van der Waals surface area contributed by atoms with E-state index in [-0.39, 0.29) is 16.9 Å². The van der Waals surface area contributed by atoms with Crippen molar-refractivity contribution in [2.45, 2.75) is 29.8 Å². The largest absolute Gasteiger partial charge is 0.384 e. The Bertz CT molecular complexity index is 1390. The van der Waals surface area contributed by atoms with Gasteiger partial charge in [-0.15, -0.1) is 0 Å². The molecule has 4 rings (SSSR count). The van der Waals surface area contributed by atoms with Crippen LogP contribution >= 0.6 is 0 Å². The maximum absolute atomic E-state index is 14.7. The number of pyridine rings is 1. The number of H-pyrrole nitrogens is 1. The van der Waals surface area contributed by atoms with Crippen molar-refractivity contribution in [3.63, 3.8) is 0 Å². The molecule has 0 bridgehead atoms. The van der Waals surface area contributed by atoms with Crippen LogP contribution in [0.15, 0.2) is 59.8 Å². The van der Waals surface area contributed by atoms with Gasteiger partial charge in [0.25, 0.3) is 0 Å². The van der Waals surface area contributed by atoms with Crippen molar-refractivity contribution >= 4 is 20.7 Å². The third-order valence-electron chi connectivity index (χ3n) is 5.57. The van der Waals surface area contributed by atoms with Crippen LogP contribution in [0.2, 0.25) is 0 Å². The molecular formula is C22H20F2N4O3S. The third-order valence-corrected chi connectivity index (χ3v) is 6.68. The Morgan fingerprint density at radius 2 is 1.91 bits per heavy atom. The van der Waals surface area contributed by atoms with E-state index in [0.717, 1.165) is 12.3 Å². The molecule has 0 fully saturated rings. The first-order valence-electron chi connectivity index (χ1n) is 9.71. The van der Waals surface area contributed by atoms with E-state index in [4.69, 9.17) is 0 Å². The lowest BCUT2D eigenvalue weighted by molar-refractivity contribution is 0.00630. The van der Waals surface area contributed by atoms with E-state index in [1.165, 1.54) is 24.5 Å². The van der Waals surface area contributed by atoms with E-state index in [1.807, 2.05) is 0 Å². The SMILES string of the molecule is CC(c1ccc2cc(S(C)(=O)=O)ccc2n1)C(O)(Cc1ncn[nH]1)c1ccc(F)cc1F. The van der Waals surface area contributed by atoms with Gasteiger partial charge >= 0.3 is 0 Å². The van der Waals surface area contributed by atoms with Crippen molar-refractivity contribution in [3.05, 3.63) is 83.6 Å². The molecule has 0 aliphatic heterocycles. The highest BCUT2D eigenvalue weighted by Crippen LogP contribution is 2.40. The lowest BCUT2D eigenvalue weighted by Gasteiger charge is -2.34. The van der Waals surface area contributed by atoms with Crippen LogP contribution in [-0.2, 0) is 21.9 Å². The van der Waals surface area contributed by atoms with Crippen LogP contribution in [0.3, 0.4) is 0 Å². The number of aliphatic hydroxyl groups is 1. The molecule has 0 amide bonds. The van der Waals surface area contributed by atoms with Gasteiger partial charge in [0.2, 0.25) is 0 Å². The Labute approximate surface area is 183 Å². The average Bonchev–Trinajstić information content (AvgIpc) is 3.24. The molecule has 2 atom stereocenters. The van der Waals surface area contributed by atoms with Crippen molar-refractivity contribution in [1.82, 2.24) is 20.2 Å². The van der Waals surface area contributed by atoms with Crippen molar-refractivity contribution in [2.24, 2.45) is 0 Å². The number of nitrogens with zero attached hydrogens (tertiary/aromatic N) is 3. The Balaban J connectivity index is 1.81. The number of benzene rings is 2. The Kier molecular flexibility index (Phi) is 5.51. The van der Waals surface area contributed by atoms with E-state index in [1.54, 1.807) is 25.1 Å². The van der Waals surface area contributed by atoms with Gasteiger partial charge in [0, 0.05) is 41.3 Å². The number of hydrogen-bond donors (Lipinski definition) is 2. The molecule has 4 aromatic rings. The number of aromatic amines is 1. The molecule has 166 valence electrons. The normalized spacial score (nSPS) is 14.9. The first-order valence-corrected chi connectivity index (χ1v) is 11.6. The first kappa shape index (κ1) is 22.0. The highest BCUT2D eigenvalue weighted by molar-refractivity contribution is 7.90. The second kappa shape index (κ2) is 8.03. The van der Waals surface area contributed by atoms with Crippen molar-refractivity contribution in [1.29, 1.82) is 0 Å². The third kappa shape index (κ3) is 4.11. The number of rotatable bonds is 6. The fraction of sp³-hybridized carbons (Fsp3) is 0.227. The van der Waals surface area contributed by atoms with Gasteiger partial charge in [-0.2, -0.15) is 5.10 Å². The average molecular weight is 458 g/mol. The quantitative estimate of drug-likeness (QED) is 0.459. The molecule has 2 aromatic carbocycles. The maximum atomic E-state index is 14.7. The molecule has 2 aromatic heterocycles. The van der Waals surface area contributed by atoms with Gasteiger partial charge in [0.1, 0.15) is 29.4 Å². The number of nitrogens with one attached hydrogen (secondary N) is 1. The highest BCUT2D eigenvalue weighted by atomic mass is 32.2. The Hall–Kier alpha value is -3.24. The minimum atomic E-state index is -3.37. The molecule has 32 heavy (non-hydrogen) atoms. The summed E-state index contributed by atoms with van der Waals surface area (Å²) in [5, 5.41) is 18.7. The summed E-state index contributed by atoms with van der Waals surface area (Å²) < 4.78 is 51.9. The zero-order valence-electron chi connectivity index (χ0n) is 17.3. The number of fused-ring (bicyclic) bond motifs is 1. The predicted octanol–water partition coefficient (Wildman–Crippen LogP) is 3.27. The molecular weight excluding hydrogens is 438 g/mol. The smallest absolute Gasteiger partial charge is 0.175 e. The molecule has 7 nitrogen and oxygen atoms in total. The molecule has 10 heteroatoms. The van der Waals surface area contributed by atoms with Crippen LogP contribution in [0.5, 0.6) is 0 Å². The fourth-order valence-electron chi connectivity index (χ4n) is 3.73. The van der Waals surface area contributed by atoms with Gasteiger partial charge in [-0.3, -0.25) is 10.1 Å². The van der Waals surface area contributed by atoms with Gasteiger partial charge in [-0.05, 0) is 30.3 Å². The maximum Gasteiger partial charge on any atom is 0.175 e. The monoisotopic (exact) mass is 458 g/mol. The summed E-state index contributed by atoms with van der Waals surface area (Å²) in [6, 6.07) is 10.9. The van der Waals surface area contributed by atoms with Crippen molar-refractivity contribution in [3.8, 4) is 0 Å². The molecule has 0 spiro atoms. The van der Waals surface area contributed by atoms with Crippen LogP contribution in [0.25, 0.3) is 10.9 Å². The van der Waals surface area contributed by atoms with Gasteiger partial charge in [0.05, 0.1) is 10.4 Å². The lowest BCUT2D eigenvalue weighted by Crippen LogP contribution is -2.36. The van der Waals surface area contributed by atoms with E-state index in [0.29, 0.717) is 28.5 Å². The molecule has 0 radical (unpaired) electrons. The topological polar surface area (TPSA) is 109 Å². The second-order valence-electron chi connectivity index (χ2n) is 7.74. The molecule has 2 N–H and O–H groups in total. The van der Waals surface area contributed by atoms with E-state index in [2.05, 4.69) is 20.2 Å². The summed E-state index contributed by atoms with van der Waals surface area (Å²) in [5.74, 6) is -2.07. The lowest BCUT2D eigenvalue weighted by atomic mass is 9.77. The Morgan fingerprint density at radius 3 is 2.56 bits per heavy atom. The van der Waals surface area contributed by atoms with Gasteiger partial charge in [0.15, 0.2) is 9.84 Å². The first-order chi connectivity index (χ1) is 15.1. The van der Waals surface area contributed by atoms with Crippen LogP contribution in [0, 0.1) is 11.6 Å². The van der Waals surface area contributed by atoms with E-state index >= 15 is 0 Å². The molecule has 2 heterocycles. The standard InChI is InChI=1S/C22H20F2N4O3S/c1-13(19-7-3-14-9-16(32(2,30)31)5-8-20(14)27-19)22(29,11-21-25-12-26-28-21)17-6-4-15(23)10-18(17)24/h3-10,12-13,29H,11H2,1-2H3,(H,25,26,28). The van der Waals surface area contributed by atoms with Gasteiger partial charge < -0.3 is 5.11 Å². The highest BCUT2D eigenvalue weighted by Gasteiger charge is 2.40. The van der Waals surface area contributed by atoms with Crippen LogP contribution in [0.4, 0.5) is 8.78 Å². The minimum Gasteiger partial charge on any atom is -0.384 e. The summed E-state index contributed by atoms with van der Waals surface area (Å²) in [5.41, 5.74) is -0.971. The molecule has 0 saturated carbocycles. The summed E-state index contributed by atoms with van der Waals surface area (Å²) >= 11 is 0. The zero-order chi connectivity index (χ0) is 23.1. The minimum absolute atomic E-state index is 0.0999. The summed E-state index contributed by atoms with van der Waals surface area (Å²) in [7, 11) is -3.37. The summed E-state index contributed by atoms with van der Waals surface area (Å²) in [6.07, 6.45) is 2.28. The van der Waals surface area contributed by atoms with Crippen LogP contribution in [-0.4, -0.2) is 39.9 Å². The molecule has 0 aliphatic carbocycles. The Morgan fingerprint density at radius 1 is 1.12 bits per heavy atom. The van der Waals surface area contributed by atoms with Crippen molar-refractivity contribution in [2.75, 3.05) is 6.26 Å².